The van der Waals surface area contributed by atoms with E-state index in [1.807, 2.05) is 31.4 Å². The molecular weight excluding hydrogens is 344 g/mol. The third kappa shape index (κ3) is 4.53. The SMILES string of the molecule is CC(C)N(C)S(=O)(=O)c1ccc(NC(=O)/C=C/c2cccs2)cc1. The fourth-order valence-electron chi connectivity index (χ4n) is 1.88. The van der Waals surface area contributed by atoms with Gasteiger partial charge in [0.1, 0.15) is 0 Å². The Morgan fingerprint density at radius 1 is 1.21 bits per heavy atom. The van der Waals surface area contributed by atoms with Crippen LogP contribution in [0.3, 0.4) is 0 Å². The largest absolute Gasteiger partial charge is 0.323 e. The van der Waals surface area contributed by atoms with E-state index in [4.69, 9.17) is 0 Å². The molecule has 1 heterocycles. The molecule has 7 heteroatoms. The molecule has 0 spiro atoms. The maximum absolute atomic E-state index is 12.4. The van der Waals surface area contributed by atoms with Gasteiger partial charge in [0.05, 0.1) is 4.90 Å². The predicted octanol–water partition coefficient (Wildman–Crippen LogP) is 3.43. The molecule has 0 saturated carbocycles. The van der Waals surface area contributed by atoms with Crippen molar-refractivity contribution < 1.29 is 13.2 Å². The molecule has 5 nitrogen and oxygen atoms in total. The highest BCUT2D eigenvalue weighted by Gasteiger charge is 2.22. The van der Waals surface area contributed by atoms with Gasteiger partial charge in [-0.15, -0.1) is 11.3 Å². The van der Waals surface area contributed by atoms with Crippen molar-refractivity contribution >= 4 is 39.0 Å². The van der Waals surface area contributed by atoms with Crippen LogP contribution in [0.25, 0.3) is 6.08 Å². The average Bonchev–Trinajstić information content (AvgIpc) is 3.06. The molecular formula is C17H20N2O3S2. The van der Waals surface area contributed by atoms with Gasteiger partial charge in [-0.2, -0.15) is 4.31 Å². The number of nitrogens with zero attached hydrogens (tertiary/aromatic N) is 1. The smallest absolute Gasteiger partial charge is 0.248 e. The number of anilines is 1. The highest BCUT2D eigenvalue weighted by molar-refractivity contribution is 7.89. The first-order chi connectivity index (χ1) is 11.3. The summed E-state index contributed by atoms with van der Waals surface area (Å²) in [7, 11) is -1.97. The second-order valence-electron chi connectivity index (χ2n) is 5.48. The van der Waals surface area contributed by atoms with Gasteiger partial charge < -0.3 is 5.32 Å². The first-order valence-corrected chi connectivity index (χ1v) is 9.73. The third-order valence-corrected chi connectivity index (χ3v) is 6.35. The second kappa shape index (κ2) is 7.74. The number of hydrogen-bond acceptors (Lipinski definition) is 4. The van der Waals surface area contributed by atoms with Crippen LogP contribution in [0.5, 0.6) is 0 Å². The van der Waals surface area contributed by atoms with Gasteiger partial charge in [-0.05, 0) is 55.6 Å². The zero-order valence-electron chi connectivity index (χ0n) is 13.8. The molecule has 128 valence electrons. The molecule has 1 aromatic carbocycles. The molecule has 1 aromatic heterocycles. The van der Waals surface area contributed by atoms with E-state index in [1.54, 1.807) is 36.6 Å². The lowest BCUT2D eigenvalue weighted by molar-refractivity contribution is -0.111. The number of amides is 1. The van der Waals surface area contributed by atoms with E-state index < -0.39 is 10.0 Å². The monoisotopic (exact) mass is 364 g/mol. The number of sulfonamides is 1. The van der Waals surface area contributed by atoms with E-state index in [9.17, 15) is 13.2 Å². The van der Waals surface area contributed by atoms with Crippen LogP contribution in [-0.4, -0.2) is 31.7 Å². The lowest BCUT2D eigenvalue weighted by Gasteiger charge is -2.21. The summed E-state index contributed by atoms with van der Waals surface area (Å²) >= 11 is 1.54. The van der Waals surface area contributed by atoms with Crippen LogP contribution >= 0.6 is 11.3 Å². The Labute approximate surface area is 146 Å². The molecule has 0 bridgehead atoms. The topological polar surface area (TPSA) is 66.5 Å². The van der Waals surface area contributed by atoms with Crippen molar-refractivity contribution in [3.05, 3.63) is 52.7 Å². The van der Waals surface area contributed by atoms with Crippen molar-refractivity contribution in [3.63, 3.8) is 0 Å². The Hall–Kier alpha value is -1.96. The molecule has 1 N–H and O–H groups in total. The zero-order valence-corrected chi connectivity index (χ0v) is 15.4. The maximum Gasteiger partial charge on any atom is 0.248 e. The Morgan fingerprint density at radius 3 is 2.42 bits per heavy atom. The summed E-state index contributed by atoms with van der Waals surface area (Å²) in [4.78, 5) is 13.1. The molecule has 0 fully saturated rings. The van der Waals surface area contributed by atoms with Crippen molar-refractivity contribution in [2.75, 3.05) is 12.4 Å². The molecule has 0 aliphatic heterocycles. The first-order valence-electron chi connectivity index (χ1n) is 7.41. The maximum atomic E-state index is 12.4. The lowest BCUT2D eigenvalue weighted by Crippen LogP contribution is -2.33. The van der Waals surface area contributed by atoms with Gasteiger partial charge in [-0.1, -0.05) is 6.07 Å². The van der Waals surface area contributed by atoms with Crippen molar-refractivity contribution in [3.8, 4) is 0 Å². The van der Waals surface area contributed by atoms with Crippen LogP contribution in [0, 0.1) is 0 Å². The molecule has 0 atom stereocenters. The molecule has 2 aromatic rings. The molecule has 2 rings (SSSR count). The van der Waals surface area contributed by atoms with Crippen molar-refractivity contribution in [1.82, 2.24) is 4.31 Å². The number of nitrogens with one attached hydrogen (secondary N) is 1. The summed E-state index contributed by atoms with van der Waals surface area (Å²) in [5.74, 6) is -0.265. The number of hydrogen-bond donors (Lipinski definition) is 1. The minimum atomic E-state index is -3.52. The third-order valence-electron chi connectivity index (χ3n) is 3.47. The molecule has 1 amide bonds. The van der Waals surface area contributed by atoms with E-state index in [0.29, 0.717) is 5.69 Å². The normalized spacial score (nSPS) is 12.2. The molecule has 0 unspecified atom stereocenters. The van der Waals surface area contributed by atoms with Gasteiger partial charge in [0, 0.05) is 29.7 Å². The number of carbonyl (C=O) groups is 1. The molecule has 0 radical (unpaired) electrons. The van der Waals surface area contributed by atoms with E-state index in [0.717, 1.165) is 4.88 Å². The Balaban J connectivity index is 2.05. The Morgan fingerprint density at radius 2 is 1.88 bits per heavy atom. The van der Waals surface area contributed by atoms with E-state index in [2.05, 4.69) is 5.32 Å². The number of thiophene rings is 1. The summed E-state index contributed by atoms with van der Waals surface area (Å²) in [6, 6.07) is 9.85. The zero-order chi connectivity index (χ0) is 17.7. The van der Waals surface area contributed by atoms with Crippen molar-refractivity contribution in [2.24, 2.45) is 0 Å². The highest BCUT2D eigenvalue weighted by Crippen LogP contribution is 2.19. The summed E-state index contributed by atoms with van der Waals surface area (Å²) in [5.41, 5.74) is 0.543. The van der Waals surface area contributed by atoms with Gasteiger partial charge in [-0.3, -0.25) is 4.79 Å². The van der Waals surface area contributed by atoms with Crippen LogP contribution in [0.15, 0.2) is 52.7 Å². The van der Waals surface area contributed by atoms with E-state index in [1.165, 1.54) is 22.5 Å². The first kappa shape index (κ1) is 18.4. The summed E-state index contributed by atoms with van der Waals surface area (Å²) in [5, 5.41) is 4.64. The second-order valence-corrected chi connectivity index (χ2v) is 8.45. The molecule has 0 aliphatic carbocycles. The molecule has 24 heavy (non-hydrogen) atoms. The predicted molar refractivity (Wildman–Crippen MR) is 98.5 cm³/mol. The van der Waals surface area contributed by atoms with E-state index >= 15 is 0 Å². The minimum Gasteiger partial charge on any atom is -0.323 e. The van der Waals surface area contributed by atoms with Crippen LogP contribution in [0.2, 0.25) is 0 Å². The van der Waals surface area contributed by atoms with Gasteiger partial charge >= 0.3 is 0 Å². The summed E-state index contributed by atoms with van der Waals surface area (Å²) in [6.07, 6.45) is 3.18. The van der Waals surface area contributed by atoms with Crippen LogP contribution in [0.1, 0.15) is 18.7 Å². The van der Waals surface area contributed by atoms with Crippen LogP contribution in [0.4, 0.5) is 5.69 Å². The quantitative estimate of drug-likeness (QED) is 0.799. The fourth-order valence-corrected chi connectivity index (χ4v) is 3.87. The Kier molecular flexibility index (Phi) is 5.93. The summed E-state index contributed by atoms with van der Waals surface area (Å²) < 4.78 is 26.0. The van der Waals surface area contributed by atoms with Crippen LogP contribution in [-0.2, 0) is 14.8 Å². The average molecular weight is 364 g/mol. The standard InChI is InChI=1S/C17H20N2O3S2/c1-13(2)19(3)24(21,22)16-9-6-14(7-10-16)18-17(20)11-8-15-5-4-12-23-15/h4-13H,1-3H3,(H,18,20)/b11-8+. The van der Waals surface area contributed by atoms with Crippen molar-refractivity contribution in [2.45, 2.75) is 24.8 Å². The van der Waals surface area contributed by atoms with Gasteiger partial charge in [0.2, 0.25) is 15.9 Å². The Bertz CT molecular complexity index is 808. The molecule has 0 saturated heterocycles. The summed E-state index contributed by atoms with van der Waals surface area (Å²) in [6.45, 7) is 3.62. The van der Waals surface area contributed by atoms with Crippen LogP contribution < -0.4 is 5.32 Å². The minimum absolute atomic E-state index is 0.128. The van der Waals surface area contributed by atoms with E-state index in [-0.39, 0.29) is 16.8 Å². The van der Waals surface area contributed by atoms with Gasteiger partial charge in [0.25, 0.3) is 0 Å². The number of rotatable bonds is 6. The van der Waals surface area contributed by atoms with Crippen molar-refractivity contribution in [1.29, 1.82) is 0 Å². The fraction of sp³-hybridized carbons (Fsp3) is 0.235. The lowest BCUT2D eigenvalue weighted by atomic mass is 10.3. The molecule has 0 aliphatic rings. The van der Waals surface area contributed by atoms with Gasteiger partial charge in [0.15, 0.2) is 0 Å². The number of carbonyl (C=O) groups excluding carboxylic acids is 1. The van der Waals surface area contributed by atoms with Gasteiger partial charge in [-0.25, -0.2) is 8.42 Å². The highest BCUT2D eigenvalue weighted by atomic mass is 32.2. The number of benzene rings is 1.